The second-order valence-electron chi connectivity index (χ2n) is 2.84. The van der Waals surface area contributed by atoms with E-state index in [1.54, 1.807) is 0 Å². The number of amides is 3. The van der Waals surface area contributed by atoms with Crippen LogP contribution in [0, 0.1) is 0 Å². The van der Waals surface area contributed by atoms with Gasteiger partial charge in [-0.05, 0) is 12.8 Å². The fourth-order valence-electron chi connectivity index (χ4n) is 1.10. The fraction of sp³-hybridized carbons (Fsp3) is 0.571. The molecule has 0 spiro atoms. The molecule has 7 nitrogen and oxygen atoms in total. The van der Waals surface area contributed by atoms with Crippen LogP contribution >= 0.6 is 0 Å². The summed E-state index contributed by atoms with van der Waals surface area (Å²) in [5.41, 5.74) is 4.82. The highest BCUT2D eigenvalue weighted by atomic mass is 16.6. The Bertz CT molecular complexity index is 266. The van der Waals surface area contributed by atoms with E-state index in [0.29, 0.717) is 19.4 Å². The van der Waals surface area contributed by atoms with Crippen molar-refractivity contribution < 1.29 is 19.1 Å². The summed E-state index contributed by atoms with van der Waals surface area (Å²) in [4.78, 5) is 31.7. The number of carbonyl (C=O) groups is 3. The summed E-state index contributed by atoms with van der Waals surface area (Å²) in [6.07, 6.45) is 0.247. The topological polar surface area (TPSA) is 111 Å². The van der Waals surface area contributed by atoms with E-state index in [9.17, 15) is 14.4 Å². The Morgan fingerprint density at radius 2 is 2.29 bits per heavy atom. The summed E-state index contributed by atoms with van der Waals surface area (Å²) >= 11 is 0. The quantitative estimate of drug-likeness (QED) is 0.310. The summed E-state index contributed by atoms with van der Waals surface area (Å²) in [6, 6.07) is -1.21. The lowest BCUT2D eigenvalue weighted by Gasteiger charge is -2.04. The van der Waals surface area contributed by atoms with Crippen molar-refractivity contribution in [1.29, 1.82) is 0 Å². The number of urea groups is 1. The van der Waals surface area contributed by atoms with Crippen LogP contribution in [0.1, 0.15) is 12.8 Å². The molecule has 0 aliphatic carbocycles. The highest BCUT2D eigenvalue weighted by Gasteiger charge is 2.31. The molecule has 0 aromatic heterocycles. The van der Waals surface area contributed by atoms with Gasteiger partial charge < -0.3 is 21.1 Å². The first-order chi connectivity index (χ1) is 6.59. The second kappa shape index (κ2) is 4.45. The third kappa shape index (κ3) is 2.92. The largest absolute Gasteiger partial charge is 0.415 e. The maximum absolute atomic E-state index is 10.9. The third-order valence-corrected chi connectivity index (χ3v) is 1.74. The van der Waals surface area contributed by atoms with Gasteiger partial charge in [0.25, 0.3) is 0 Å². The molecule has 1 atom stereocenters. The first-order valence-electron chi connectivity index (χ1n) is 4.15. The van der Waals surface area contributed by atoms with Crippen LogP contribution in [-0.4, -0.2) is 30.7 Å². The molecular weight excluding hydrogens is 190 g/mol. The normalized spacial score (nSPS) is 20.1. The molecule has 1 aliphatic rings. The van der Waals surface area contributed by atoms with Crippen LogP contribution in [0.15, 0.2) is 0 Å². The standard InChI is InChI=1S/C7H11N3O4/c8-6(12)9-3-1-2-4-5(11)14-7(13)10-4/h4H,1-3H2,(H,10,13)(H3,8,9,12)/t4-/m0/s1. The molecule has 14 heavy (non-hydrogen) atoms. The highest BCUT2D eigenvalue weighted by molar-refractivity contribution is 5.95. The minimum Gasteiger partial charge on any atom is -0.375 e. The van der Waals surface area contributed by atoms with Crippen LogP contribution in [0.4, 0.5) is 9.59 Å². The molecule has 0 aromatic rings. The zero-order valence-electron chi connectivity index (χ0n) is 7.41. The van der Waals surface area contributed by atoms with Gasteiger partial charge in [-0.25, -0.2) is 14.4 Å². The van der Waals surface area contributed by atoms with Gasteiger partial charge >= 0.3 is 18.1 Å². The molecule has 0 saturated carbocycles. The molecule has 1 saturated heterocycles. The van der Waals surface area contributed by atoms with E-state index in [1.807, 2.05) is 0 Å². The van der Waals surface area contributed by atoms with Crippen LogP contribution in [-0.2, 0) is 9.53 Å². The highest BCUT2D eigenvalue weighted by Crippen LogP contribution is 2.05. The summed E-state index contributed by atoms with van der Waals surface area (Å²) in [5.74, 6) is -0.575. The van der Waals surface area contributed by atoms with E-state index in [0.717, 1.165) is 0 Å². The number of hydrogen-bond donors (Lipinski definition) is 3. The number of cyclic esters (lactones) is 2. The molecule has 0 unspecified atom stereocenters. The number of rotatable bonds is 4. The molecule has 1 fully saturated rings. The average molecular weight is 201 g/mol. The van der Waals surface area contributed by atoms with Crippen LogP contribution in [0.3, 0.4) is 0 Å². The third-order valence-electron chi connectivity index (χ3n) is 1.74. The Kier molecular flexibility index (Phi) is 3.27. The lowest BCUT2D eigenvalue weighted by Crippen LogP contribution is -2.33. The molecule has 1 aliphatic heterocycles. The van der Waals surface area contributed by atoms with Crippen molar-refractivity contribution in [2.24, 2.45) is 5.73 Å². The molecule has 7 heteroatoms. The van der Waals surface area contributed by atoms with Crippen molar-refractivity contribution in [3.8, 4) is 0 Å². The average Bonchev–Trinajstić information content (AvgIpc) is 2.39. The molecule has 1 rings (SSSR count). The number of hydrogen-bond acceptors (Lipinski definition) is 4. The van der Waals surface area contributed by atoms with Gasteiger partial charge in [0.2, 0.25) is 0 Å². The summed E-state index contributed by atoms with van der Waals surface area (Å²) in [5, 5.41) is 4.71. The second-order valence-corrected chi connectivity index (χ2v) is 2.84. The zero-order valence-corrected chi connectivity index (χ0v) is 7.41. The van der Waals surface area contributed by atoms with Gasteiger partial charge in [-0.15, -0.1) is 0 Å². The lowest BCUT2D eigenvalue weighted by molar-refractivity contribution is -0.135. The predicted octanol–water partition coefficient (Wildman–Crippen LogP) is -0.930. The maximum Gasteiger partial charge on any atom is 0.415 e. The van der Waals surface area contributed by atoms with Crippen LogP contribution in [0.25, 0.3) is 0 Å². The Labute approximate surface area is 80.0 Å². The van der Waals surface area contributed by atoms with E-state index in [-0.39, 0.29) is 0 Å². The number of nitrogens with one attached hydrogen (secondary N) is 2. The lowest BCUT2D eigenvalue weighted by atomic mass is 10.2. The zero-order chi connectivity index (χ0) is 10.6. The van der Waals surface area contributed by atoms with E-state index >= 15 is 0 Å². The van der Waals surface area contributed by atoms with Gasteiger partial charge in [0, 0.05) is 6.54 Å². The minimum atomic E-state index is -0.720. The molecule has 0 aromatic carbocycles. The van der Waals surface area contributed by atoms with Crippen LogP contribution in [0.5, 0.6) is 0 Å². The fourth-order valence-corrected chi connectivity index (χ4v) is 1.10. The van der Waals surface area contributed by atoms with Crippen molar-refractivity contribution in [2.75, 3.05) is 6.54 Å². The molecular formula is C7H11N3O4. The smallest absolute Gasteiger partial charge is 0.375 e. The van der Waals surface area contributed by atoms with Gasteiger partial charge in [-0.2, -0.15) is 0 Å². The molecule has 3 amide bonds. The number of alkyl carbamates (subject to hydrolysis) is 1. The number of primary amides is 1. The van der Waals surface area contributed by atoms with Crippen molar-refractivity contribution in [2.45, 2.75) is 18.9 Å². The van der Waals surface area contributed by atoms with Crippen molar-refractivity contribution in [3.63, 3.8) is 0 Å². The van der Waals surface area contributed by atoms with E-state index in [2.05, 4.69) is 15.4 Å². The number of nitrogens with two attached hydrogens (primary N) is 1. The number of carbonyl (C=O) groups excluding carboxylic acids is 3. The first kappa shape index (κ1) is 10.3. The summed E-state index contributed by atoms with van der Waals surface area (Å²) < 4.78 is 4.25. The molecule has 0 bridgehead atoms. The van der Waals surface area contributed by atoms with Crippen molar-refractivity contribution >= 4 is 18.1 Å². The SMILES string of the molecule is NC(=O)NCCC[C@@H]1NC(=O)OC1=O. The number of ether oxygens (including phenoxy) is 1. The molecule has 4 N–H and O–H groups in total. The van der Waals surface area contributed by atoms with Crippen LogP contribution < -0.4 is 16.4 Å². The maximum atomic E-state index is 10.9. The van der Waals surface area contributed by atoms with Gasteiger partial charge in [0.15, 0.2) is 0 Å². The summed E-state index contributed by atoms with van der Waals surface area (Å²) in [7, 11) is 0. The Hall–Kier alpha value is -1.79. The Balaban J connectivity index is 2.16. The van der Waals surface area contributed by atoms with Gasteiger partial charge in [-0.1, -0.05) is 0 Å². The monoisotopic (exact) mass is 201 g/mol. The first-order valence-corrected chi connectivity index (χ1v) is 4.15. The molecule has 1 heterocycles. The van der Waals surface area contributed by atoms with E-state index < -0.39 is 24.1 Å². The van der Waals surface area contributed by atoms with Crippen LogP contribution in [0.2, 0.25) is 0 Å². The van der Waals surface area contributed by atoms with Gasteiger partial charge in [0.05, 0.1) is 0 Å². The predicted molar refractivity (Wildman–Crippen MR) is 45.2 cm³/mol. The molecule has 78 valence electrons. The minimum absolute atomic E-state index is 0.370. The van der Waals surface area contributed by atoms with Crippen molar-refractivity contribution in [3.05, 3.63) is 0 Å². The number of esters is 1. The van der Waals surface area contributed by atoms with Gasteiger partial charge in [0.1, 0.15) is 6.04 Å². The van der Waals surface area contributed by atoms with Crippen molar-refractivity contribution in [1.82, 2.24) is 10.6 Å². The van der Waals surface area contributed by atoms with E-state index in [4.69, 9.17) is 5.73 Å². The van der Waals surface area contributed by atoms with E-state index in [1.165, 1.54) is 0 Å². The Morgan fingerprint density at radius 1 is 1.57 bits per heavy atom. The summed E-state index contributed by atoms with van der Waals surface area (Å²) in [6.45, 7) is 0.370. The Morgan fingerprint density at radius 3 is 2.79 bits per heavy atom. The van der Waals surface area contributed by atoms with Gasteiger partial charge in [-0.3, -0.25) is 0 Å². The molecule has 0 radical (unpaired) electrons.